The van der Waals surface area contributed by atoms with Crippen LogP contribution in [0.4, 0.5) is 4.79 Å². The Balaban J connectivity index is 1.92. The first-order valence-electron chi connectivity index (χ1n) is 9.42. The molecule has 7 nitrogen and oxygen atoms in total. The number of nitrogens with two attached hydrogens (primary N) is 1. The van der Waals surface area contributed by atoms with E-state index in [0.29, 0.717) is 41.5 Å². The minimum absolute atomic E-state index is 0.162. The van der Waals surface area contributed by atoms with Gasteiger partial charge in [0, 0.05) is 11.3 Å². The largest absolute Gasteiger partial charge is 0.490 e. The molecule has 0 spiro atoms. The van der Waals surface area contributed by atoms with Gasteiger partial charge in [0.25, 0.3) is 0 Å². The van der Waals surface area contributed by atoms with Gasteiger partial charge in [-0.25, -0.2) is 15.6 Å². The van der Waals surface area contributed by atoms with E-state index in [9.17, 15) is 9.59 Å². The van der Waals surface area contributed by atoms with Crippen LogP contribution >= 0.6 is 0 Å². The van der Waals surface area contributed by atoms with E-state index in [1.54, 1.807) is 19.1 Å². The van der Waals surface area contributed by atoms with Gasteiger partial charge in [-0.1, -0.05) is 36.4 Å². The Hall–Kier alpha value is -3.32. The van der Waals surface area contributed by atoms with Gasteiger partial charge in [0.2, 0.25) is 0 Å². The Labute approximate surface area is 170 Å². The lowest BCUT2D eigenvalue weighted by Gasteiger charge is -2.33. The molecule has 2 amide bonds. The highest BCUT2D eigenvalue weighted by Crippen LogP contribution is 2.36. The lowest BCUT2D eigenvalue weighted by Crippen LogP contribution is -2.50. The van der Waals surface area contributed by atoms with E-state index < -0.39 is 12.1 Å². The number of carbonyl (C=O) groups is 2. The molecule has 0 aromatic heterocycles. The minimum Gasteiger partial charge on any atom is -0.490 e. The molecule has 0 fully saturated rings. The van der Waals surface area contributed by atoms with Crippen LogP contribution in [-0.2, 0) is 11.4 Å². The zero-order valence-corrected chi connectivity index (χ0v) is 16.8. The third-order valence-corrected chi connectivity index (χ3v) is 4.74. The van der Waals surface area contributed by atoms with Crippen molar-refractivity contribution in [2.45, 2.75) is 33.4 Å². The predicted octanol–water partition coefficient (Wildman–Crippen LogP) is 3.47. The van der Waals surface area contributed by atoms with Gasteiger partial charge in [-0.05, 0) is 44.0 Å². The quantitative estimate of drug-likeness (QED) is 0.553. The number of rotatable bonds is 7. The molecular formula is C22H25N3O4. The number of allylic oxidation sites excluding steroid dienone is 1. The summed E-state index contributed by atoms with van der Waals surface area (Å²) in [6, 6.07) is 14.1. The Bertz CT molecular complexity index is 940. The van der Waals surface area contributed by atoms with Crippen molar-refractivity contribution >= 4 is 11.8 Å². The first kappa shape index (κ1) is 20.4. The summed E-state index contributed by atoms with van der Waals surface area (Å²) in [4.78, 5) is 24.4. The number of carbonyl (C=O) groups excluding carboxylic acids is 2. The third-order valence-electron chi connectivity index (χ3n) is 4.74. The van der Waals surface area contributed by atoms with Gasteiger partial charge in [-0.3, -0.25) is 4.79 Å². The normalized spacial score (nSPS) is 16.5. The van der Waals surface area contributed by atoms with Crippen molar-refractivity contribution in [3.05, 3.63) is 70.9 Å². The molecular weight excluding hydrogens is 370 g/mol. The molecule has 7 heteroatoms. The standard InChI is InChI=1S/C22H25N3O4/c1-4-28-19-12-17(10-11-18(19)29-13-16-8-6-5-7-9-16)21-20(15(3)26)14(2)25(23)22(27)24-21/h5-12,21H,4,13,23H2,1-3H3,(H,24,27)/t21-/m1/s1. The SMILES string of the molecule is CCOc1cc([C@H]2NC(=O)N(N)C(C)=C2C(C)=O)ccc1OCc1ccccc1. The van der Waals surface area contributed by atoms with Crippen molar-refractivity contribution in [2.24, 2.45) is 5.84 Å². The third kappa shape index (κ3) is 4.41. The number of urea groups is 1. The highest BCUT2D eigenvalue weighted by molar-refractivity contribution is 5.98. The molecule has 0 radical (unpaired) electrons. The predicted molar refractivity (Wildman–Crippen MR) is 109 cm³/mol. The topological polar surface area (TPSA) is 93.9 Å². The molecule has 3 N–H and O–H groups in total. The molecule has 0 saturated heterocycles. The van der Waals surface area contributed by atoms with Crippen molar-refractivity contribution in [1.82, 2.24) is 10.3 Å². The second-order valence-corrected chi connectivity index (χ2v) is 6.72. The number of benzene rings is 2. The van der Waals surface area contributed by atoms with Gasteiger partial charge in [0.05, 0.1) is 12.6 Å². The van der Waals surface area contributed by atoms with Crippen LogP contribution < -0.4 is 20.6 Å². The van der Waals surface area contributed by atoms with Crippen LogP contribution in [0.25, 0.3) is 0 Å². The van der Waals surface area contributed by atoms with E-state index >= 15 is 0 Å². The number of hydrogen-bond acceptors (Lipinski definition) is 5. The molecule has 2 aromatic rings. The maximum Gasteiger partial charge on any atom is 0.336 e. The van der Waals surface area contributed by atoms with Crippen LogP contribution in [0.5, 0.6) is 11.5 Å². The molecule has 1 atom stereocenters. The lowest BCUT2D eigenvalue weighted by molar-refractivity contribution is -0.114. The maximum absolute atomic E-state index is 12.2. The van der Waals surface area contributed by atoms with Crippen LogP contribution in [0.1, 0.15) is 37.9 Å². The first-order chi connectivity index (χ1) is 13.9. The average Bonchev–Trinajstić information content (AvgIpc) is 2.71. The second kappa shape index (κ2) is 8.79. The monoisotopic (exact) mass is 395 g/mol. The molecule has 29 heavy (non-hydrogen) atoms. The molecule has 0 aliphatic carbocycles. The number of amides is 2. The first-order valence-corrected chi connectivity index (χ1v) is 9.42. The minimum atomic E-state index is -0.609. The van der Waals surface area contributed by atoms with Gasteiger partial charge < -0.3 is 14.8 Å². The maximum atomic E-state index is 12.2. The van der Waals surface area contributed by atoms with E-state index in [2.05, 4.69) is 5.32 Å². The lowest BCUT2D eigenvalue weighted by atomic mass is 9.92. The number of ketones is 1. The summed E-state index contributed by atoms with van der Waals surface area (Å²) in [6.07, 6.45) is 0. The van der Waals surface area contributed by atoms with Crippen molar-refractivity contribution in [3.8, 4) is 11.5 Å². The molecule has 1 heterocycles. The number of nitrogens with one attached hydrogen (secondary N) is 1. The summed E-state index contributed by atoms with van der Waals surface area (Å²) in [5.41, 5.74) is 2.62. The van der Waals surface area contributed by atoms with Crippen molar-refractivity contribution in [3.63, 3.8) is 0 Å². The smallest absolute Gasteiger partial charge is 0.336 e. The van der Waals surface area contributed by atoms with Gasteiger partial charge in [0.15, 0.2) is 17.3 Å². The van der Waals surface area contributed by atoms with Crippen LogP contribution in [-0.4, -0.2) is 23.4 Å². The summed E-state index contributed by atoms with van der Waals surface area (Å²) in [5.74, 6) is 6.73. The van der Waals surface area contributed by atoms with Crippen LogP contribution in [0.2, 0.25) is 0 Å². The molecule has 0 unspecified atom stereocenters. The molecule has 152 valence electrons. The van der Waals surface area contributed by atoms with Crippen LogP contribution in [0.15, 0.2) is 59.8 Å². The zero-order chi connectivity index (χ0) is 21.0. The molecule has 2 aromatic carbocycles. The van der Waals surface area contributed by atoms with Gasteiger partial charge in [-0.15, -0.1) is 0 Å². The van der Waals surface area contributed by atoms with Gasteiger partial charge in [0.1, 0.15) is 6.61 Å². The average molecular weight is 395 g/mol. The number of ether oxygens (including phenoxy) is 2. The number of nitrogens with zero attached hydrogens (tertiary/aromatic N) is 1. The summed E-state index contributed by atoms with van der Waals surface area (Å²) in [5, 5.41) is 3.73. The van der Waals surface area contributed by atoms with Gasteiger partial charge >= 0.3 is 6.03 Å². The van der Waals surface area contributed by atoms with E-state index in [0.717, 1.165) is 10.6 Å². The number of Topliss-reactive ketones (excluding diaryl/α,β-unsaturated/α-hetero) is 1. The van der Waals surface area contributed by atoms with Crippen molar-refractivity contribution in [2.75, 3.05) is 6.61 Å². The Morgan fingerprint density at radius 3 is 2.52 bits per heavy atom. The van der Waals surface area contributed by atoms with Crippen molar-refractivity contribution < 1.29 is 19.1 Å². The molecule has 0 bridgehead atoms. The van der Waals surface area contributed by atoms with Gasteiger partial charge in [-0.2, -0.15) is 0 Å². The van der Waals surface area contributed by atoms with E-state index in [1.165, 1.54) is 6.92 Å². The fraction of sp³-hybridized carbons (Fsp3) is 0.273. The van der Waals surface area contributed by atoms with E-state index in [-0.39, 0.29) is 5.78 Å². The Kier molecular flexibility index (Phi) is 6.19. The van der Waals surface area contributed by atoms with E-state index in [1.807, 2.05) is 43.3 Å². The number of hydrogen-bond donors (Lipinski definition) is 2. The fourth-order valence-electron chi connectivity index (χ4n) is 3.29. The summed E-state index contributed by atoms with van der Waals surface area (Å²) in [7, 11) is 0. The second-order valence-electron chi connectivity index (χ2n) is 6.72. The van der Waals surface area contributed by atoms with Crippen LogP contribution in [0, 0.1) is 0 Å². The highest BCUT2D eigenvalue weighted by atomic mass is 16.5. The number of hydrazine groups is 1. The van der Waals surface area contributed by atoms with Crippen molar-refractivity contribution in [1.29, 1.82) is 0 Å². The molecule has 0 saturated carbocycles. The summed E-state index contributed by atoms with van der Waals surface area (Å²) in [6.45, 7) is 5.85. The highest BCUT2D eigenvalue weighted by Gasteiger charge is 2.33. The fourth-order valence-corrected chi connectivity index (χ4v) is 3.29. The molecule has 3 rings (SSSR count). The van der Waals surface area contributed by atoms with Crippen LogP contribution in [0.3, 0.4) is 0 Å². The summed E-state index contributed by atoms with van der Waals surface area (Å²) >= 11 is 0. The Morgan fingerprint density at radius 1 is 1.14 bits per heavy atom. The summed E-state index contributed by atoms with van der Waals surface area (Å²) < 4.78 is 11.7. The molecule has 1 aliphatic heterocycles. The molecule has 1 aliphatic rings. The zero-order valence-electron chi connectivity index (χ0n) is 16.8. The Morgan fingerprint density at radius 2 is 1.86 bits per heavy atom. The van der Waals surface area contributed by atoms with E-state index in [4.69, 9.17) is 15.3 Å².